The highest BCUT2D eigenvalue weighted by Crippen LogP contribution is 2.24. The lowest BCUT2D eigenvalue weighted by Gasteiger charge is -2.34. The van der Waals surface area contributed by atoms with Gasteiger partial charge in [-0.25, -0.2) is 12.8 Å². The Morgan fingerprint density at radius 1 is 1.00 bits per heavy atom. The molecule has 4 rings (SSSR count). The number of anilines is 1. The van der Waals surface area contributed by atoms with Crippen molar-refractivity contribution in [3.8, 4) is 5.69 Å². The average Bonchev–Trinajstić information content (AvgIpc) is 3.20. The molecule has 1 saturated heterocycles. The van der Waals surface area contributed by atoms with Crippen LogP contribution in [-0.4, -0.2) is 59.1 Å². The lowest BCUT2D eigenvalue weighted by molar-refractivity contribution is 0.381. The zero-order chi connectivity index (χ0) is 19.7. The third-order valence-corrected chi connectivity index (χ3v) is 6.69. The standard InChI is InChI=1S/C17H16ClFN6O2S/c18-15-12-14(6-7-16(15)19)28(26,27)24-10-8-23(9-11-24)17-20-21-22-25(17)13-4-2-1-3-5-13/h1-7,12H,8-11H2. The molecule has 0 spiro atoms. The molecule has 0 radical (unpaired) electrons. The number of sulfonamides is 1. The Labute approximate surface area is 166 Å². The fraction of sp³-hybridized carbons (Fsp3) is 0.235. The van der Waals surface area contributed by atoms with E-state index >= 15 is 0 Å². The molecule has 0 N–H and O–H groups in total. The number of aromatic nitrogens is 4. The van der Waals surface area contributed by atoms with Crippen LogP contribution in [0.1, 0.15) is 0 Å². The Morgan fingerprint density at radius 3 is 2.39 bits per heavy atom. The van der Waals surface area contributed by atoms with Crippen LogP contribution in [0.25, 0.3) is 5.69 Å². The number of benzene rings is 2. The Kier molecular flexibility index (Phi) is 5.00. The largest absolute Gasteiger partial charge is 0.337 e. The normalized spacial score (nSPS) is 15.7. The third kappa shape index (κ3) is 3.46. The van der Waals surface area contributed by atoms with E-state index in [9.17, 15) is 12.8 Å². The molecule has 146 valence electrons. The van der Waals surface area contributed by atoms with Gasteiger partial charge in [0, 0.05) is 26.2 Å². The lowest BCUT2D eigenvalue weighted by Crippen LogP contribution is -2.49. The summed E-state index contributed by atoms with van der Waals surface area (Å²) in [5, 5.41) is 11.6. The predicted octanol–water partition coefficient (Wildman–Crippen LogP) is 1.97. The van der Waals surface area contributed by atoms with Crippen LogP contribution in [0.5, 0.6) is 0 Å². The van der Waals surface area contributed by atoms with Gasteiger partial charge in [-0.3, -0.25) is 0 Å². The van der Waals surface area contributed by atoms with Crippen molar-refractivity contribution in [3.63, 3.8) is 0 Å². The molecule has 0 atom stereocenters. The van der Waals surface area contributed by atoms with E-state index in [1.165, 1.54) is 10.4 Å². The van der Waals surface area contributed by atoms with Crippen LogP contribution in [-0.2, 0) is 10.0 Å². The smallest absolute Gasteiger partial charge is 0.250 e. The number of halogens is 2. The van der Waals surface area contributed by atoms with Gasteiger partial charge in [0.15, 0.2) is 0 Å². The Balaban J connectivity index is 1.51. The summed E-state index contributed by atoms with van der Waals surface area (Å²) in [5.74, 6) is -0.105. The van der Waals surface area contributed by atoms with Gasteiger partial charge in [-0.05, 0) is 40.8 Å². The van der Waals surface area contributed by atoms with Crippen molar-refractivity contribution >= 4 is 27.6 Å². The summed E-state index contributed by atoms with van der Waals surface area (Å²) in [5.41, 5.74) is 0.818. The Bertz CT molecular complexity index is 1080. The number of hydrogen-bond acceptors (Lipinski definition) is 6. The van der Waals surface area contributed by atoms with Crippen LogP contribution in [0.2, 0.25) is 5.02 Å². The number of para-hydroxylation sites is 1. The number of tetrazole rings is 1. The minimum Gasteiger partial charge on any atom is -0.337 e. The summed E-state index contributed by atoms with van der Waals surface area (Å²) in [4.78, 5) is 1.90. The van der Waals surface area contributed by atoms with Crippen molar-refractivity contribution in [3.05, 3.63) is 59.4 Å². The van der Waals surface area contributed by atoms with Crippen molar-refractivity contribution in [1.29, 1.82) is 0 Å². The van der Waals surface area contributed by atoms with Gasteiger partial charge in [-0.2, -0.15) is 8.99 Å². The third-order valence-electron chi connectivity index (χ3n) is 4.50. The highest BCUT2D eigenvalue weighted by Gasteiger charge is 2.30. The first-order valence-corrected chi connectivity index (χ1v) is 10.3. The molecule has 1 aliphatic rings. The van der Waals surface area contributed by atoms with Gasteiger partial charge in [0.05, 0.1) is 15.6 Å². The molecule has 8 nitrogen and oxygen atoms in total. The van der Waals surface area contributed by atoms with Gasteiger partial charge < -0.3 is 4.90 Å². The zero-order valence-corrected chi connectivity index (χ0v) is 16.2. The van der Waals surface area contributed by atoms with Crippen molar-refractivity contribution in [2.75, 3.05) is 31.1 Å². The van der Waals surface area contributed by atoms with E-state index in [1.807, 2.05) is 35.2 Å². The van der Waals surface area contributed by atoms with Crippen LogP contribution in [0.15, 0.2) is 53.4 Å². The monoisotopic (exact) mass is 422 g/mol. The van der Waals surface area contributed by atoms with Gasteiger partial charge in [-0.1, -0.05) is 34.9 Å². The molecule has 2 heterocycles. The Morgan fingerprint density at radius 2 is 1.71 bits per heavy atom. The highest BCUT2D eigenvalue weighted by molar-refractivity contribution is 7.89. The van der Waals surface area contributed by atoms with Gasteiger partial charge in [-0.15, -0.1) is 0 Å². The number of nitrogens with zero attached hydrogens (tertiary/aromatic N) is 6. The SMILES string of the molecule is O=S(=O)(c1ccc(F)c(Cl)c1)N1CCN(c2nnnn2-c2ccccc2)CC1. The number of piperazine rings is 1. The first-order chi connectivity index (χ1) is 13.5. The van der Waals surface area contributed by atoms with Gasteiger partial charge in [0.1, 0.15) is 5.82 Å². The topological polar surface area (TPSA) is 84.2 Å². The predicted molar refractivity (Wildman–Crippen MR) is 102 cm³/mol. The van der Waals surface area contributed by atoms with Crippen molar-refractivity contribution in [2.24, 2.45) is 0 Å². The minimum absolute atomic E-state index is 0.0264. The van der Waals surface area contributed by atoms with E-state index in [2.05, 4.69) is 15.5 Å². The molecule has 1 aliphatic heterocycles. The molecule has 1 fully saturated rings. The molecule has 2 aromatic carbocycles. The second-order valence-electron chi connectivity index (χ2n) is 6.19. The highest BCUT2D eigenvalue weighted by atomic mass is 35.5. The molecule has 0 unspecified atom stereocenters. The second-order valence-corrected chi connectivity index (χ2v) is 8.54. The van der Waals surface area contributed by atoms with Crippen LogP contribution in [0, 0.1) is 5.82 Å². The van der Waals surface area contributed by atoms with E-state index in [1.54, 1.807) is 4.68 Å². The maximum atomic E-state index is 13.3. The maximum absolute atomic E-state index is 13.3. The van der Waals surface area contributed by atoms with E-state index in [-0.39, 0.29) is 23.0 Å². The summed E-state index contributed by atoms with van der Waals surface area (Å²) in [6.07, 6.45) is 0. The maximum Gasteiger partial charge on any atom is 0.250 e. The molecular formula is C17H16ClFN6O2S. The first kappa shape index (κ1) is 18.8. The molecule has 3 aromatic rings. The van der Waals surface area contributed by atoms with E-state index < -0.39 is 15.8 Å². The first-order valence-electron chi connectivity index (χ1n) is 8.51. The second kappa shape index (κ2) is 7.46. The van der Waals surface area contributed by atoms with Gasteiger partial charge in [0.25, 0.3) is 0 Å². The summed E-state index contributed by atoms with van der Waals surface area (Å²) in [6.45, 7) is 1.33. The molecule has 0 bridgehead atoms. The zero-order valence-electron chi connectivity index (χ0n) is 14.6. The van der Waals surface area contributed by atoms with E-state index in [0.717, 1.165) is 17.8 Å². The molecule has 0 amide bonds. The van der Waals surface area contributed by atoms with E-state index in [4.69, 9.17) is 11.6 Å². The van der Waals surface area contributed by atoms with Crippen molar-refractivity contribution in [1.82, 2.24) is 24.5 Å². The van der Waals surface area contributed by atoms with Crippen molar-refractivity contribution in [2.45, 2.75) is 4.90 Å². The van der Waals surface area contributed by atoms with Gasteiger partial charge in [0.2, 0.25) is 16.0 Å². The van der Waals surface area contributed by atoms with Crippen LogP contribution in [0.4, 0.5) is 10.3 Å². The van der Waals surface area contributed by atoms with Crippen LogP contribution < -0.4 is 4.90 Å². The van der Waals surface area contributed by atoms with Gasteiger partial charge >= 0.3 is 0 Å². The lowest BCUT2D eigenvalue weighted by atomic mass is 10.3. The Hall–Kier alpha value is -2.56. The van der Waals surface area contributed by atoms with Crippen molar-refractivity contribution < 1.29 is 12.8 Å². The number of hydrogen-bond donors (Lipinski definition) is 0. The van der Waals surface area contributed by atoms with Crippen LogP contribution in [0.3, 0.4) is 0 Å². The van der Waals surface area contributed by atoms with Crippen LogP contribution >= 0.6 is 11.6 Å². The summed E-state index contributed by atoms with van der Waals surface area (Å²) in [7, 11) is -3.76. The summed E-state index contributed by atoms with van der Waals surface area (Å²) < 4.78 is 41.9. The molecule has 0 aliphatic carbocycles. The fourth-order valence-electron chi connectivity index (χ4n) is 3.03. The van der Waals surface area contributed by atoms with E-state index in [0.29, 0.717) is 19.0 Å². The quantitative estimate of drug-likeness (QED) is 0.639. The fourth-order valence-corrected chi connectivity index (χ4v) is 4.72. The molecule has 11 heteroatoms. The summed E-state index contributed by atoms with van der Waals surface area (Å²) >= 11 is 5.73. The summed E-state index contributed by atoms with van der Waals surface area (Å²) in [6, 6.07) is 12.9. The average molecular weight is 423 g/mol. The minimum atomic E-state index is -3.76. The number of rotatable bonds is 4. The molecule has 28 heavy (non-hydrogen) atoms. The molecule has 1 aromatic heterocycles. The molecular weight excluding hydrogens is 407 g/mol. The molecule has 0 saturated carbocycles.